The van der Waals surface area contributed by atoms with Crippen LogP contribution in [-0.4, -0.2) is 42.9 Å². The van der Waals surface area contributed by atoms with Crippen LogP contribution in [-0.2, 0) is 4.74 Å². The van der Waals surface area contributed by atoms with Gasteiger partial charge in [0.2, 0.25) is 0 Å². The zero-order chi connectivity index (χ0) is 15.7. The van der Waals surface area contributed by atoms with Crippen molar-refractivity contribution in [1.29, 1.82) is 0 Å². The molecule has 1 aromatic carbocycles. The van der Waals surface area contributed by atoms with Gasteiger partial charge in [0.05, 0.1) is 12.7 Å². The van der Waals surface area contributed by atoms with Gasteiger partial charge in [0, 0.05) is 26.2 Å². The number of hydrogen-bond donors (Lipinski definition) is 1. The van der Waals surface area contributed by atoms with Crippen molar-refractivity contribution in [3.05, 3.63) is 35.4 Å². The van der Waals surface area contributed by atoms with Gasteiger partial charge < -0.3 is 9.84 Å². The van der Waals surface area contributed by atoms with Gasteiger partial charge in [-0.2, -0.15) is 0 Å². The van der Waals surface area contributed by atoms with E-state index in [-0.39, 0.29) is 6.10 Å². The third-order valence-electron chi connectivity index (χ3n) is 4.28. The average Bonchev–Trinajstić information content (AvgIpc) is 2.50. The summed E-state index contributed by atoms with van der Waals surface area (Å²) in [4.78, 5) is 2.45. The van der Waals surface area contributed by atoms with Crippen LogP contribution in [0.3, 0.4) is 0 Å². The topological polar surface area (TPSA) is 32.7 Å². The van der Waals surface area contributed by atoms with E-state index in [2.05, 4.69) is 31.7 Å². The van der Waals surface area contributed by atoms with Gasteiger partial charge in [0.1, 0.15) is 0 Å². The highest BCUT2D eigenvalue weighted by Gasteiger charge is 2.17. The third-order valence-corrected chi connectivity index (χ3v) is 4.28. The van der Waals surface area contributed by atoms with Crippen LogP contribution < -0.4 is 0 Å². The van der Waals surface area contributed by atoms with Crippen LogP contribution in [0.1, 0.15) is 50.3 Å². The minimum Gasteiger partial charge on any atom is -0.388 e. The molecule has 1 N–H and O–H groups in total. The fourth-order valence-corrected chi connectivity index (χ4v) is 2.89. The van der Waals surface area contributed by atoms with E-state index in [1.165, 1.54) is 0 Å². The number of methoxy groups -OCH3 is 1. The summed E-state index contributed by atoms with van der Waals surface area (Å²) < 4.78 is 5.22. The Morgan fingerprint density at radius 1 is 1.14 bits per heavy atom. The summed E-state index contributed by atoms with van der Waals surface area (Å²) in [5, 5.41) is 10.4. The van der Waals surface area contributed by atoms with Crippen LogP contribution in [0, 0.1) is 6.92 Å². The lowest BCUT2D eigenvalue weighted by Crippen LogP contribution is -2.38. The SMILES string of the molecule is CCC(CC)N(CCOC)CCC(O)c1ccccc1C. The van der Waals surface area contributed by atoms with E-state index in [9.17, 15) is 5.11 Å². The van der Waals surface area contributed by atoms with E-state index in [4.69, 9.17) is 4.74 Å². The normalized spacial score (nSPS) is 13.1. The molecular weight excluding hydrogens is 262 g/mol. The molecule has 1 rings (SSSR count). The second-order valence-corrected chi connectivity index (χ2v) is 5.66. The Morgan fingerprint density at radius 3 is 2.38 bits per heavy atom. The molecule has 0 saturated carbocycles. The molecule has 3 heteroatoms. The highest BCUT2D eigenvalue weighted by atomic mass is 16.5. The molecule has 1 aromatic rings. The monoisotopic (exact) mass is 293 g/mol. The molecule has 0 amide bonds. The second-order valence-electron chi connectivity index (χ2n) is 5.66. The Kier molecular flexibility index (Phi) is 8.58. The fourth-order valence-electron chi connectivity index (χ4n) is 2.89. The van der Waals surface area contributed by atoms with Crippen LogP contribution >= 0.6 is 0 Å². The number of nitrogens with zero attached hydrogens (tertiary/aromatic N) is 1. The van der Waals surface area contributed by atoms with Gasteiger partial charge in [-0.3, -0.25) is 4.90 Å². The average molecular weight is 293 g/mol. The van der Waals surface area contributed by atoms with Gasteiger partial charge in [-0.25, -0.2) is 0 Å². The summed E-state index contributed by atoms with van der Waals surface area (Å²) in [6.07, 6.45) is 2.66. The number of rotatable bonds is 10. The van der Waals surface area contributed by atoms with Crippen molar-refractivity contribution in [2.24, 2.45) is 0 Å². The van der Waals surface area contributed by atoms with Gasteiger partial charge in [0.15, 0.2) is 0 Å². The Morgan fingerprint density at radius 2 is 1.81 bits per heavy atom. The van der Waals surface area contributed by atoms with E-state index in [1.54, 1.807) is 7.11 Å². The van der Waals surface area contributed by atoms with Crippen LogP contribution in [0.5, 0.6) is 0 Å². The van der Waals surface area contributed by atoms with Crippen molar-refractivity contribution in [2.75, 3.05) is 26.8 Å². The van der Waals surface area contributed by atoms with E-state index in [1.807, 2.05) is 18.2 Å². The molecule has 0 radical (unpaired) electrons. The van der Waals surface area contributed by atoms with Crippen molar-refractivity contribution in [1.82, 2.24) is 4.90 Å². The summed E-state index contributed by atoms with van der Waals surface area (Å²) >= 11 is 0. The Hall–Kier alpha value is -0.900. The van der Waals surface area contributed by atoms with Gasteiger partial charge in [-0.05, 0) is 37.3 Å². The lowest BCUT2D eigenvalue weighted by Gasteiger charge is -2.31. The van der Waals surface area contributed by atoms with Gasteiger partial charge in [-0.15, -0.1) is 0 Å². The molecule has 21 heavy (non-hydrogen) atoms. The second kappa shape index (κ2) is 9.93. The maximum atomic E-state index is 10.4. The van der Waals surface area contributed by atoms with Crippen LogP contribution in [0.25, 0.3) is 0 Å². The van der Waals surface area contributed by atoms with E-state index >= 15 is 0 Å². The molecule has 0 aliphatic carbocycles. The summed E-state index contributed by atoms with van der Waals surface area (Å²) in [5.74, 6) is 0. The summed E-state index contributed by atoms with van der Waals surface area (Å²) in [7, 11) is 1.74. The zero-order valence-corrected chi connectivity index (χ0v) is 14.0. The molecule has 0 spiro atoms. The number of benzene rings is 1. The zero-order valence-electron chi connectivity index (χ0n) is 14.0. The van der Waals surface area contributed by atoms with Crippen molar-refractivity contribution in [3.63, 3.8) is 0 Å². The molecule has 0 aromatic heterocycles. The molecular formula is C18H31NO2. The van der Waals surface area contributed by atoms with Crippen LogP contribution in [0.4, 0.5) is 0 Å². The number of aliphatic hydroxyl groups is 1. The molecule has 120 valence electrons. The first-order valence-electron chi connectivity index (χ1n) is 8.10. The predicted molar refractivity (Wildman–Crippen MR) is 88.6 cm³/mol. The molecule has 0 aliphatic heterocycles. The van der Waals surface area contributed by atoms with Crippen molar-refractivity contribution in [2.45, 2.75) is 52.2 Å². The van der Waals surface area contributed by atoms with Crippen molar-refractivity contribution >= 4 is 0 Å². The first-order valence-corrected chi connectivity index (χ1v) is 8.10. The molecule has 0 bridgehead atoms. The number of ether oxygens (including phenoxy) is 1. The van der Waals surface area contributed by atoms with Gasteiger partial charge in [-0.1, -0.05) is 38.1 Å². The Bertz CT molecular complexity index is 391. The van der Waals surface area contributed by atoms with Crippen LogP contribution in [0.15, 0.2) is 24.3 Å². The Labute approximate surface area is 129 Å². The molecule has 3 nitrogen and oxygen atoms in total. The fraction of sp³-hybridized carbons (Fsp3) is 0.667. The Balaban J connectivity index is 2.61. The third kappa shape index (κ3) is 5.77. The van der Waals surface area contributed by atoms with Crippen molar-refractivity contribution < 1.29 is 9.84 Å². The quantitative estimate of drug-likeness (QED) is 0.716. The van der Waals surface area contributed by atoms with E-state index in [0.29, 0.717) is 6.04 Å². The highest BCUT2D eigenvalue weighted by molar-refractivity contribution is 5.27. The lowest BCUT2D eigenvalue weighted by atomic mass is 10.0. The standard InChI is InChI=1S/C18H31NO2/c1-5-16(6-2)19(13-14-21-4)12-11-18(20)17-10-8-7-9-15(17)3/h7-10,16,18,20H,5-6,11-14H2,1-4H3. The molecule has 0 saturated heterocycles. The minimum atomic E-state index is -0.384. The maximum absolute atomic E-state index is 10.4. The first-order chi connectivity index (χ1) is 10.1. The maximum Gasteiger partial charge on any atom is 0.0804 e. The number of aryl methyl sites for hydroxylation is 1. The lowest BCUT2D eigenvalue weighted by molar-refractivity contribution is 0.0902. The largest absolute Gasteiger partial charge is 0.388 e. The van der Waals surface area contributed by atoms with Gasteiger partial charge in [0.25, 0.3) is 0 Å². The smallest absolute Gasteiger partial charge is 0.0804 e. The molecule has 0 fully saturated rings. The van der Waals surface area contributed by atoms with Crippen LogP contribution in [0.2, 0.25) is 0 Å². The van der Waals surface area contributed by atoms with Gasteiger partial charge >= 0.3 is 0 Å². The highest BCUT2D eigenvalue weighted by Crippen LogP contribution is 2.21. The molecule has 0 aliphatic rings. The minimum absolute atomic E-state index is 0.384. The first kappa shape index (κ1) is 18.1. The van der Waals surface area contributed by atoms with E-state index in [0.717, 1.165) is 50.1 Å². The summed E-state index contributed by atoms with van der Waals surface area (Å²) in [6.45, 7) is 9.10. The van der Waals surface area contributed by atoms with E-state index < -0.39 is 0 Å². The molecule has 1 unspecified atom stereocenters. The van der Waals surface area contributed by atoms with Crippen molar-refractivity contribution in [3.8, 4) is 0 Å². The molecule has 1 atom stereocenters. The predicted octanol–water partition coefficient (Wildman–Crippen LogP) is 3.56. The number of aliphatic hydroxyl groups excluding tert-OH is 1. The number of hydrogen-bond acceptors (Lipinski definition) is 3. The molecule has 0 heterocycles. The summed E-state index contributed by atoms with van der Waals surface area (Å²) in [5.41, 5.74) is 2.21. The summed E-state index contributed by atoms with van der Waals surface area (Å²) in [6, 6.07) is 8.67.